The molecule has 2 N–H and O–H groups in total. The van der Waals surface area contributed by atoms with E-state index in [4.69, 9.17) is 5.11 Å². The molecule has 0 fully saturated rings. The second kappa shape index (κ2) is 5.37. The summed E-state index contributed by atoms with van der Waals surface area (Å²) in [4.78, 5) is 0.114. The molecule has 19 heavy (non-hydrogen) atoms. The number of hydrogen-bond acceptors (Lipinski definition) is 5. The summed E-state index contributed by atoms with van der Waals surface area (Å²) in [5.41, 5.74) is 0. The van der Waals surface area contributed by atoms with Crippen LogP contribution in [-0.4, -0.2) is 34.8 Å². The first kappa shape index (κ1) is 13.5. The number of sulfonamides is 1. The largest absolute Gasteiger partial charge is 0.508 e. The van der Waals surface area contributed by atoms with E-state index in [1.54, 1.807) is 17.9 Å². The van der Waals surface area contributed by atoms with Gasteiger partial charge in [0.2, 0.25) is 10.0 Å². The normalized spacial score (nSPS) is 11.6. The Balaban J connectivity index is 1.98. The molecule has 2 rings (SSSR count). The van der Waals surface area contributed by atoms with Gasteiger partial charge in [-0.25, -0.2) is 13.1 Å². The Kier molecular flexibility index (Phi) is 3.82. The molecule has 0 saturated carbocycles. The van der Waals surface area contributed by atoms with Crippen LogP contribution in [0.15, 0.2) is 35.5 Å². The Bertz CT molecular complexity index is 649. The van der Waals surface area contributed by atoms with Gasteiger partial charge in [-0.15, -0.1) is 10.2 Å². The molecule has 0 saturated heterocycles. The summed E-state index contributed by atoms with van der Waals surface area (Å²) in [7, 11) is -1.77. The van der Waals surface area contributed by atoms with Gasteiger partial charge in [0.15, 0.2) is 0 Å². The van der Waals surface area contributed by atoms with E-state index in [9.17, 15) is 8.42 Å². The van der Waals surface area contributed by atoms with Crippen molar-refractivity contribution in [2.45, 2.75) is 11.3 Å². The van der Waals surface area contributed by atoms with E-state index in [2.05, 4.69) is 14.9 Å². The maximum absolute atomic E-state index is 11.9. The van der Waals surface area contributed by atoms with Gasteiger partial charge >= 0.3 is 0 Å². The molecule has 1 heterocycles. The summed E-state index contributed by atoms with van der Waals surface area (Å²) in [5.74, 6) is 0.728. The van der Waals surface area contributed by atoms with Crippen LogP contribution >= 0.6 is 0 Å². The summed E-state index contributed by atoms with van der Waals surface area (Å²) in [6.07, 6.45) is 2.01. The molecule has 7 nitrogen and oxygen atoms in total. The Hall–Kier alpha value is -1.93. The summed E-state index contributed by atoms with van der Waals surface area (Å²) >= 11 is 0. The molecule has 2 aromatic rings. The first-order chi connectivity index (χ1) is 8.99. The van der Waals surface area contributed by atoms with Crippen LogP contribution in [0, 0.1) is 0 Å². The van der Waals surface area contributed by atoms with Crippen molar-refractivity contribution in [3.8, 4) is 5.75 Å². The van der Waals surface area contributed by atoms with E-state index >= 15 is 0 Å². The summed E-state index contributed by atoms with van der Waals surface area (Å²) in [6.45, 7) is 0.232. The molecule has 0 unspecified atom stereocenters. The van der Waals surface area contributed by atoms with E-state index in [1.807, 2.05) is 0 Å². The van der Waals surface area contributed by atoms with E-state index in [0.29, 0.717) is 12.2 Å². The third-order valence-corrected chi connectivity index (χ3v) is 4.07. The van der Waals surface area contributed by atoms with Crippen molar-refractivity contribution in [2.24, 2.45) is 7.05 Å². The van der Waals surface area contributed by atoms with Crippen molar-refractivity contribution in [1.29, 1.82) is 0 Å². The van der Waals surface area contributed by atoms with E-state index in [1.165, 1.54) is 24.3 Å². The molecule has 0 amide bonds. The third kappa shape index (κ3) is 3.30. The molecule has 8 heteroatoms. The zero-order chi connectivity index (χ0) is 13.9. The smallest absolute Gasteiger partial charge is 0.240 e. The third-order valence-electron chi connectivity index (χ3n) is 2.59. The van der Waals surface area contributed by atoms with Crippen molar-refractivity contribution in [3.63, 3.8) is 0 Å². The fourth-order valence-corrected chi connectivity index (χ4v) is 2.57. The monoisotopic (exact) mass is 282 g/mol. The summed E-state index contributed by atoms with van der Waals surface area (Å²) in [6, 6.07) is 5.36. The van der Waals surface area contributed by atoms with E-state index in [0.717, 1.165) is 0 Å². The quantitative estimate of drug-likeness (QED) is 0.807. The molecule has 1 aromatic carbocycles. The molecule has 0 aliphatic rings. The van der Waals surface area contributed by atoms with Crippen LogP contribution in [0.1, 0.15) is 5.82 Å². The highest BCUT2D eigenvalue weighted by atomic mass is 32.2. The fourth-order valence-electron chi connectivity index (χ4n) is 1.54. The van der Waals surface area contributed by atoms with Crippen molar-refractivity contribution in [3.05, 3.63) is 36.4 Å². The second-order valence-corrected chi connectivity index (χ2v) is 5.77. The highest BCUT2D eigenvalue weighted by Crippen LogP contribution is 2.13. The molecular weight excluding hydrogens is 268 g/mol. The zero-order valence-electron chi connectivity index (χ0n) is 10.3. The number of phenolic OH excluding ortho intramolecular Hbond substituents is 1. The number of hydrogen-bond donors (Lipinski definition) is 2. The first-order valence-electron chi connectivity index (χ1n) is 5.60. The second-order valence-electron chi connectivity index (χ2n) is 4.00. The van der Waals surface area contributed by atoms with Crippen LogP contribution in [0.3, 0.4) is 0 Å². The minimum absolute atomic E-state index is 0.0260. The lowest BCUT2D eigenvalue weighted by Crippen LogP contribution is -2.26. The average molecular weight is 282 g/mol. The van der Waals surface area contributed by atoms with Crippen molar-refractivity contribution in [1.82, 2.24) is 19.5 Å². The van der Waals surface area contributed by atoms with Crippen molar-refractivity contribution < 1.29 is 13.5 Å². The molecular formula is C11H14N4O3S. The summed E-state index contributed by atoms with van der Waals surface area (Å²) < 4.78 is 28.0. The fraction of sp³-hybridized carbons (Fsp3) is 0.273. The van der Waals surface area contributed by atoms with Crippen molar-refractivity contribution in [2.75, 3.05) is 6.54 Å². The van der Waals surface area contributed by atoms with Gasteiger partial charge in [0.25, 0.3) is 0 Å². The topological polar surface area (TPSA) is 97.1 Å². The molecule has 102 valence electrons. The van der Waals surface area contributed by atoms with E-state index in [-0.39, 0.29) is 17.2 Å². The molecule has 1 aromatic heterocycles. The molecule has 0 bridgehead atoms. The number of aromatic hydroxyl groups is 1. The lowest BCUT2D eigenvalue weighted by atomic mass is 10.3. The van der Waals surface area contributed by atoms with Gasteiger partial charge in [-0.2, -0.15) is 0 Å². The Labute approximate surface area is 111 Å². The molecule has 0 aliphatic heterocycles. The number of nitrogens with zero attached hydrogens (tertiary/aromatic N) is 3. The Morgan fingerprint density at radius 3 is 2.58 bits per heavy atom. The predicted octanol–water partition coefficient (Wildman–Crippen LogP) is 0.0417. The Morgan fingerprint density at radius 2 is 2.00 bits per heavy atom. The lowest BCUT2D eigenvalue weighted by Gasteiger charge is -2.06. The maximum Gasteiger partial charge on any atom is 0.240 e. The van der Waals surface area contributed by atoms with Crippen LogP contribution in [0.5, 0.6) is 5.75 Å². The van der Waals surface area contributed by atoms with Crippen LogP contribution < -0.4 is 4.72 Å². The lowest BCUT2D eigenvalue weighted by molar-refractivity contribution is 0.474. The first-order valence-corrected chi connectivity index (χ1v) is 7.09. The van der Waals surface area contributed by atoms with Crippen molar-refractivity contribution >= 4 is 10.0 Å². The molecule has 0 aliphatic carbocycles. The zero-order valence-corrected chi connectivity index (χ0v) is 11.1. The standard InChI is InChI=1S/C11H14N4O3S/c1-15-8-12-14-11(15)6-7-13-19(17,18)10-4-2-9(16)3-5-10/h2-5,8,13,16H,6-7H2,1H3. The van der Waals surface area contributed by atoms with Crippen LogP contribution in [-0.2, 0) is 23.5 Å². The van der Waals surface area contributed by atoms with Gasteiger partial charge in [0.1, 0.15) is 17.9 Å². The number of nitrogens with one attached hydrogen (secondary N) is 1. The maximum atomic E-state index is 11.9. The Morgan fingerprint density at radius 1 is 1.32 bits per heavy atom. The molecule has 0 atom stereocenters. The van der Waals surface area contributed by atoms with Crippen LogP contribution in [0.4, 0.5) is 0 Å². The molecule has 0 radical (unpaired) electrons. The van der Waals surface area contributed by atoms with Gasteiger partial charge in [0.05, 0.1) is 4.90 Å². The van der Waals surface area contributed by atoms with Gasteiger partial charge in [-0.1, -0.05) is 0 Å². The van der Waals surface area contributed by atoms with Crippen LogP contribution in [0.25, 0.3) is 0 Å². The van der Waals surface area contributed by atoms with Gasteiger partial charge in [-0.3, -0.25) is 0 Å². The van der Waals surface area contributed by atoms with Gasteiger partial charge in [-0.05, 0) is 24.3 Å². The summed E-state index contributed by atoms with van der Waals surface area (Å²) in [5, 5.41) is 16.7. The number of aromatic nitrogens is 3. The van der Waals surface area contributed by atoms with Gasteiger partial charge < -0.3 is 9.67 Å². The molecule has 0 spiro atoms. The number of rotatable bonds is 5. The predicted molar refractivity (Wildman–Crippen MR) is 68.0 cm³/mol. The number of aryl methyl sites for hydroxylation is 1. The van der Waals surface area contributed by atoms with Crippen LogP contribution in [0.2, 0.25) is 0 Å². The van der Waals surface area contributed by atoms with Gasteiger partial charge in [0, 0.05) is 20.0 Å². The highest BCUT2D eigenvalue weighted by Gasteiger charge is 2.13. The minimum Gasteiger partial charge on any atom is -0.508 e. The highest BCUT2D eigenvalue weighted by molar-refractivity contribution is 7.89. The number of benzene rings is 1. The average Bonchev–Trinajstić information content (AvgIpc) is 2.75. The number of phenols is 1. The van der Waals surface area contributed by atoms with E-state index < -0.39 is 10.0 Å². The SMILES string of the molecule is Cn1cnnc1CCNS(=O)(=O)c1ccc(O)cc1. The minimum atomic E-state index is -3.56.